The fourth-order valence-corrected chi connectivity index (χ4v) is 3.41. The summed E-state index contributed by atoms with van der Waals surface area (Å²) in [5, 5.41) is 2.89. The zero-order chi connectivity index (χ0) is 22.2. The number of para-hydroxylation sites is 1. The predicted molar refractivity (Wildman–Crippen MR) is 113 cm³/mol. The summed E-state index contributed by atoms with van der Waals surface area (Å²) in [4.78, 5) is 26.8. The topological polar surface area (TPSA) is 67.9 Å². The molecule has 1 saturated heterocycles. The summed E-state index contributed by atoms with van der Waals surface area (Å²) in [5.74, 6) is -0.539. The van der Waals surface area contributed by atoms with Gasteiger partial charge in [-0.3, -0.25) is 9.59 Å². The van der Waals surface area contributed by atoms with Crippen LogP contribution in [0.2, 0.25) is 0 Å². The van der Waals surface area contributed by atoms with E-state index in [0.29, 0.717) is 18.7 Å². The van der Waals surface area contributed by atoms with Crippen molar-refractivity contribution in [3.8, 4) is 11.5 Å². The minimum Gasteiger partial charge on any atom is -0.493 e. The quantitative estimate of drug-likeness (QED) is 0.669. The Morgan fingerprint density at radius 1 is 1.16 bits per heavy atom. The number of nitrogens with one attached hydrogen (secondary N) is 1. The number of ether oxygens (including phenoxy) is 2. The number of nitrogens with zero attached hydrogens (tertiary/aromatic N) is 1. The lowest BCUT2D eigenvalue weighted by molar-refractivity contribution is -0.130. The molecule has 3 rings (SSSR count). The van der Waals surface area contributed by atoms with Crippen LogP contribution in [-0.4, -0.2) is 43.5 Å². The van der Waals surface area contributed by atoms with Gasteiger partial charge in [-0.1, -0.05) is 24.3 Å². The third-order valence-electron chi connectivity index (χ3n) is 4.97. The first kappa shape index (κ1) is 22.3. The van der Waals surface area contributed by atoms with E-state index < -0.39 is 6.61 Å². The van der Waals surface area contributed by atoms with Crippen molar-refractivity contribution in [3.63, 3.8) is 0 Å². The molecule has 0 aromatic heterocycles. The Morgan fingerprint density at radius 3 is 2.65 bits per heavy atom. The summed E-state index contributed by atoms with van der Waals surface area (Å²) < 4.78 is 34.3. The number of carbonyl (C=O) groups is 2. The first-order valence-corrected chi connectivity index (χ1v) is 9.92. The van der Waals surface area contributed by atoms with Gasteiger partial charge in [0.25, 0.3) is 0 Å². The molecule has 1 N–H and O–H groups in total. The van der Waals surface area contributed by atoms with E-state index in [1.807, 2.05) is 30.3 Å². The first-order valence-electron chi connectivity index (χ1n) is 9.92. The highest BCUT2D eigenvalue weighted by molar-refractivity contribution is 5.95. The lowest BCUT2D eigenvalue weighted by Gasteiger charge is -2.31. The largest absolute Gasteiger partial charge is 0.493 e. The van der Waals surface area contributed by atoms with Gasteiger partial charge < -0.3 is 19.7 Å². The van der Waals surface area contributed by atoms with Crippen molar-refractivity contribution in [2.45, 2.75) is 19.5 Å². The molecule has 2 amide bonds. The average Bonchev–Trinajstić information content (AvgIpc) is 2.78. The fourth-order valence-electron chi connectivity index (χ4n) is 3.41. The summed E-state index contributed by atoms with van der Waals surface area (Å²) in [6, 6.07) is 13.6. The van der Waals surface area contributed by atoms with Gasteiger partial charge in [0.15, 0.2) is 11.5 Å². The highest BCUT2D eigenvalue weighted by Gasteiger charge is 2.27. The smallest absolute Gasteiger partial charge is 0.387 e. The number of methoxy groups -OCH3 is 1. The average molecular weight is 430 g/mol. The maximum atomic E-state index is 12.6. The van der Waals surface area contributed by atoms with Crippen LogP contribution in [-0.2, 0) is 9.59 Å². The number of alkyl halides is 2. The molecule has 2 aromatic carbocycles. The monoisotopic (exact) mass is 430 g/mol. The maximum Gasteiger partial charge on any atom is 0.387 e. The molecule has 1 fully saturated rings. The first-order chi connectivity index (χ1) is 15.0. The number of likely N-dealkylation sites (tertiary alicyclic amines) is 1. The van der Waals surface area contributed by atoms with Crippen molar-refractivity contribution < 1.29 is 27.8 Å². The third kappa shape index (κ3) is 6.28. The number of rotatable bonds is 7. The Labute approximate surface area is 179 Å². The number of piperidine rings is 1. The van der Waals surface area contributed by atoms with Gasteiger partial charge in [0.1, 0.15) is 0 Å². The van der Waals surface area contributed by atoms with Gasteiger partial charge in [-0.05, 0) is 48.7 Å². The molecule has 0 aliphatic carbocycles. The molecule has 31 heavy (non-hydrogen) atoms. The molecule has 6 nitrogen and oxygen atoms in total. The number of hydrogen-bond acceptors (Lipinski definition) is 4. The van der Waals surface area contributed by atoms with Crippen LogP contribution in [0.5, 0.6) is 11.5 Å². The molecule has 2 aromatic rings. The second-order valence-corrected chi connectivity index (χ2v) is 7.10. The zero-order valence-electron chi connectivity index (χ0n) is 17.1. The number of benzene rings is 2. The van der Waals surface area contributed by atoms with E-state index in [9.17, 15) is 18.4 Å². The van der Waals surface area contributed by atoms with Crippen LogP contribution in [0.25, 0.3) is 6.08 Å². The SMILES string of the molecule is COc1cc(/C=C/C(=O)N2CCC[C@H](C(=O)Nc3ccccc3)C2)ccc1OC(F)F. The van der Waals surface area contributed by atoms with Gasteiger partial charge in [-0.15, -0.1) is 0 Å². The van der Waals surface area contributed by atoms with E-state index in [1.165, 1.54) is 25.3 Å². The molecule has 0 radical (unpaired) electrons. The number of anilines is 1. The third-order valence-corrected chi connectivity index (χ3v) is 4.97. The van der Waals surface area contributed by atoms with Gasteiger partial charge in [0.2, 0.25) is 11.8 Å². The van der Waals surface area contributed by atoms with Gasteiger partial charge >= 0.3 is 6.61 Å². The van der Waals surface area contributed by atoms with E-state index in [4.69, 9.17) is 4.74 Å². The molecule has 0 unspecified atom stereocenters. The fraction of sp³-hybridized carbons (Fsp3) is 0.304. The van der Waals surface area contributed by atoms with E-state index in [1.54, 1.807) is 17.0 Å². The van der Waals surface area contributed by atoms with Crippen molar-refractivity contribution in [2.24, 2.45) is 5.92 Å². The van der Waals surface area contributed by atoms with Crippen molar-refractivity contribution in [1.82, 2.24) is 4.90 Å². The Balaban J connectivity index is 1.60. The lowest BCUT2D eigenvalue weighted by atomic mass is 9.97. The predicted octanol–water partition coefficient (Wildman–Crippen LogP) is 4.19. The summed E-state index contributed by atoms with van der Waals surface area (Å²) in [6.07, 6.45) is 4.43. The number of halogens is 2. The minimum atomic E-state index is -2.96. The molecule has 0 bridgehead atoms. The second kappa shape index (κ2) is 10.6. The molecule has 0 spiro atoms. The number of carbonyl (C=O) groups excluding carboxylic acids is 2. The van der Waals surface area contributed by atoms with E-state index >= 15 is 0 Å². The highest BCUT2D eigenvalue weighted by Crippen LogP contribution is 2.30. The van der Waals surface area contributed by atoms with Gasteiger partial charge in [-0.25, -0.2) is 0 Å². The van der Waals surface area contributed by atoms with Crippen LogP contribution in [0.3, 0.4) is 0 Å². The van der Waals surface area contributed by atoms with Crippen molar-refractivity contribution in [1.29, 1.82) is 0 Å². The lowest BCUT2D eigenvalue weighted by Crippen LogP contribution is -2.43. The van der Waals surface area contributed by atoms with E-state index in [2.05, 4.69) is 10.1 Å². The van der Waals surface area contributed by atoms with Crippen molar-refractivity contribution in [3.05, 3.63) is 60.2 Å². The molecular formula is C23H24F2N2O4. The molecule has 8 heteroatoms. The molecule has 164 valence electrons. The van der Waals surface area contributed by atoms with Gasteiger partial charge in [0, 0.05) is 24.9 Å². The maximum absolute atomic E-state index is 12.6. The molecule has 1 heterocycles. The Hall–Kier alpha value is -3.42. The highest BCUT2D eigenvalue weighted by atomic mass is 19.3. The van der Waals surface area contributed by atoms with Crippen molar-refractivity contribution >= 4 is 23.6 Å². The number of amides is 2. The molecule has 1 aliphatic rings. The van der Waals surface area contributed by atoms with Crippen molar-refractivity contribution in [2.75, 3.05) is 25.5 Å². The van der Waals surface area contributed by atoms with Crippen LogP contribution in [0.15, 0.2) is 54.6 Å². The summed E-state index contributed by atoms with van der Waals surface area (Å²) in [7, 11) is 1.35. The van der Waals surface area contributed by atoms with Crippen LogP contribution >= 0.6 is 0 Å². The summed E-state index contributed by atoms with van der Waals surface area (Å²) in [5.41, 5.74) is 1.33. The van der Waals surface area contributed by atoms with E-state index in [-0.39, 0.29) is 29.2 Å². The summed E-state index contributed by atoms with van der Waals surface area (Å²) >= 11 is 0. The molecule has 0 saturated carbocycles. The Bertz CT molecular complexity index is 934. The molecular weight excluding hydrogens is 406 g/mol. The van der Waals surface area contributed by atoms with Crippen LogP contribution < -0.4 is 14.8 Å². The normalized spacial score (nSPS) is 16.4. The van der Waals surface area contributed by atoms with E-state index in [0.717, 1.165) is 18.5 Å². The Morgan fingerprint density at radius 2 is 1.94 bits per heavy atom. The molecule has 1 aliphatic heterocycles. The van der Waals surface area contributed by atoms with Gasteiger partial charge in [0.05, 0.1) is 13.0 Å². The van der Waals surface area contributed by atoms with Crippen LogP contribution in [0, 0.1) is 5.92 Å². The zero-order valence-corrected chi connectivity index (χ0v) is 17.1. The van der Waals surface area contributed by atoms with Crippen LogP contribution in [0.1, 0.15) is 18.4 Å². The van der Waals surface area contributed by atoms with Gasteiger partial charge in [-0.2, -0.15) is 8.78 Å². The number of hydrogen-bond donors (Lipinski definition) is 1. The Kier molecular flexibility index (Phi) is 7.59. The standard InChI is InChI=1S/C23H24F2N2O4/c1-30-20-14-16(9-11-19(20)31-23(24)25)10-12-21(28)27-13-5-6-17(15-27)22(29)26-18-7-3-2-4-8-18/h2-4,7-12,14,17,23H,5-6,13,15H2,1H3,(H,26,29)/b12-10+/t17-/m0/s1. The van der Waals surface area contributed by atoms with Crippen LogP contribution in [0.4, 0.5) is 14.5 Å². The second-order valence-electron chi connectivity index (χ2n) is 7.10. The minimum absolute atomic E-state index is 0.0794. The molecule has 1 atom stereocenters. The summed E-state index contributed by atoms with van der Waals surface area (Å²) in [6.45, 7) is -2.04.